The normalized spacial score (nSPS) is 23.4. The molecule has 1 N–H and O–H groups in total. The number of carboxylic acids is 1. The van der Waals surface area contributed by atoms with Crippen LogP contribution in [0.2, 0.25) is 0 Å². The third-order valence-corrected chi connectivity index (χ3v) is 7.53. The highest BCUT2D eigenvalue weighted by molar-refractivity contribution is 5.79. The van der Waals surface area contributed by atoms with E-state index in [2.05, 4.69) is 24.3 Å². The van der Waals surface area contributed by atoms with Gasteiger partial charge in [0.1, 0.15) is 6.61 Å². The van der Waals surface area contributed by atoms with Gasteiger partial charge < -0.3 is 14.7 Å². The summed E-state index contributed by atoms with van der Waals surface area (Å²) in [6, 6.07) is 16.5. The van der Waals surface area contributed by atoms with Crippen molar-refractivity contribution in [3.63, 3.8) is 0 Å². The van der Waals surface area contributed by atoms with Crippen molar-refractivity contribution in [3.8, 4) is 11.1 Å². The molecule has 1 heterocycles. The van der Waals surface area contributed by atoms with Crippen LogP contribution in [0.4, 0.5) is 4.79 Å². The molecule has 2 atom stereocenters. The number of rotatable bonds is 4. The average Bonchev–Trinajstić information content (AvgIpc) is 3.39. The molecule has 1 aliphatic heterocycles. The SMILES string of the molecule is O=C(O)[C@@H]1CN(C(=O)OCC2c3ccccc3-c3ccccc32)C[C@H]1C1CCCCC1. The Morgan fingerprint density at radius 2 is 1.52 bits per heavy atom. The van der Waals surface area contributed by atoms with Crippen molar-refractivity contribution in [2.45, 2.75) is 38.0 Å². The zero-order valence-corrected chi connectivity index (χ0v) is 17.7. The summed E-state index contributed by atoms with van der Waals surface area (Å²) in [4.78, 5) is 26.4. The van der Waals surface area contributed by atoms with Gasteiger partial charge in [-0.3, -0.25) is 4.79 Å². The highest BCUT2D eigenvalue weighted by Crippen LogP contribution is 2.45. The fourth-order valence-electron chi connectivity index (χ4n) is 5.96. The highest BCUT2D eigenvalue weighted by Gasteiger charge is 2.44. The van der Waals surface area contributed by atoms with Gasteiger partial charge in [-0.2, -0.15) is 0 Å². The van der Waals surface area contributed by atoms with Gasteiger partial charge in [-0.05, 0) is 34.1 Å². The number of aliphatic carboxylic acids is 1. The fraction of sp³-hybridized carbons (Fsp3) is 0.462. The fourth-order valence-corrected chi connectivity index (χ4v) is 5.96. The number of ether oxygens (including phenoxy) is 1. The standard InChI is InChI=1S/C26H29NO4/c28-25(29)23-15-27(14-22(23)17-8-2-1-3-9-17)26(30)31-16-24-20-12-6-4-10-18(20)19-11-5-7-13-21(19)24/h4-7,10-13,17,22-24H,1-3,8-9,14-16H2,(H,28,29)/t22-,23+/m0/s1. The predicted octanol–water partition coefficient (Wildman–Crippen LogP) is 5.15. The summed E-state index contributed by atoms with van der Waals surface area (Å²) in [6.45, 7) is 1.03. The van der Waals surface area contributed by atoms with Crippen LogP contribution in [0, 0.1) is 17.8 Å². The second-order valence-corrected chi connectivity index (χ2v) is 9.22. The first-order valence-electron chi connectivity index (χ1n) is 11.5. The molecule has 2 aromatic carbocycles. The molecule has 5 nitrogen and oxygen atoms in total. The molecule has 162 valence electrons. The van der Waals surface area contributed by atoms with Crippen LogP contribution in [0.5, 0.6) is 0 Å². The Morgan fingerprint density at radius 1 is 0.903 bits per heavy atom. The summed E-state index contributed by atoms with van der Waals surface area (Å²) in [5.74, 6) is -0.809. The monoisotopic (exact) mass is 419 g/mol. The Bertz CT molecular complexity index is 935. The lowest BCUT2D eigenvalue weighted by atomic mass is 9.75. The summed E-state index contributed by atoms with van der Waals surface area (Å²) < 4.78 is 5.78. The van der Waals surface area contributed by atoms with Crippen molar-refractivity contribution < 1.29 is 19.4 Å². The van der Waals surface area contributed by atoms with Crippen molar-refractivity contribution >= 4 is 12.1 Å². The number of carbonyl (C=O) groups excluding carboxylic acids is 1. The molecule has 5 rings (SSSR count). The lowest BCUT2D eigenvalue weighted by Gasteiger charge is -2.29. The first-order valence-corrected chi connectivity index (χ1v) is 11.5. The van der Waals surface area contributed by atoms with E-state index in [4.69, 9.17) is 4.74 Å². The van der Waals surface area contributed by atoms with Gasteiger partial charge in [-0.25, -0.2) is 4.79 Å². The Hall–Kier alpha value is -2.82. The van der Waals surface area contributed by atoms with E-state index < -0.39 is 11.9 Å². The molecule has 2 fully saturated rings. The lowest BCUT2D eigenvalue weighted by molar-refractivity contribution is -0.143. The van der Waals surface area contributed by atoms with E-state index in [-0.39, 0.29) is 31.1 Å². The smallest absolute Gasteiger partial charge is 0.409 e. The first-order chi connectivity index (χ1) is 15.1. The van der Waals surface area contributed by atoms with E-state index in [1.165, 1.54) is 41.5 Å². The van der Waals surface area contributed by atoms with E-state index in [0.29, 0.717) is 12.5 Å². The Labute approximate surface area is 183 Å². The van der Waals surface area contributed by atoms with E-state index in [0.717, 1.165) is 12.8 Å². The summed E-state index contributed by atoms with van der Waals surface area (Å²) in [6.07, 6.45) is 5.33. The number of hydrogen-bond donors (Lipinski definition) is 1. The zero-order chi connectivity index (χ0) is 21.4. The van der Waals surface area contributed by atoms with Crippen molar-refractivity contribution in [1.29, 1.82) is 0 Å². The molecule has 0 bridgehead atoms. The van der Waals surface area contributed by atoms with Crippen molar-refractivity contribution in [3.05, 3.63) is 59.7 Å². The topological polar surface area (TPSA) is 66.8 Å². The molecule has 5 heteroatoms. The molecule has 1 saturated heterocycles. The number of carboxylic acid groups (broad SMARTS) is 1. The van der Waals surface area contributed by atoms with Crippen LogP contribution in [0.1, 0.15) is 49.1 Å². The number of nitrogens with zero attached hydrogens (tertiary/aromatic N) is 1. The minimum absolute atomic E-state index is 0.0170. The molecule has 1 saturated carbocycles. The Morgan fingerprint density at radius 3 is 2.13 bits per heavy atom. The molecule has 0 radical (unpaired) electrons. The number of likely N-dealkylation sites (tertiary alicyclic amines) is 1. The molecular formula is C26H29NO4. The lowest BCUT2D eigenvalue weighted by Crippen LogP contribution is -2.31. The van der Waals surface area contributed by atoms with Gasteiger partial charge in [0.25, 0.3) is 0 Å². The molecule has 1 amide bonds. The summed E-state index contributed by atoms with van der Waals surface area (Å²) in [7, 11) is 0. The summed E-state index contributed by atoms with van der Waals surface area (Å²) in [5.41, 5.74) is 4.76. The maximum absolute atomic E-state index is 12.9. The van der Waals surface area contributed by atoms with Crippen LogP contribution in [-0.4, -0.2) is 41.8 Å². The first kappa shape index (κ1) is 20.1. The Kier molecular flexibility index (Phi) is 5.43. The molecule has 2 aromatic rings. The molecule has 31 heavy (non-hydrogen) atoms. The van der Waals surface area contributed by atoms with Crippen LogP contribution < -0.4 is 0 Å². The maximum Gasteiger partial charge on any atom is 0.409 e. The van der Waals surface area contributed by atoms with Crippen LogP contribution in [0.3, 0.4) is 0 Å². The van der Waals surface area contributed by atoms with Crippen LogP contribution in [-0.2, 0) is 9.53 Å². The van der Waals surface area contributed by atoms with E-state index in [9.17, 15) is 14.7 Å². The van der Waals surface area contributed by atoms with Crippen LogP contribution in [0.15, 0.2) is 48.5 Å². The molecular weight excluding hydrogens is 390 g/mol. The second-order valence-electron chi connectivity index (χ2n) is 9.22. The average molecular weight is 420 g/mol. The molecule has 3 aliphatic rings. The predicted molar refractivity (Wildman–Crippen MR) is 118 cm³/mol. The second kappa shape index (κ2) is 8.37. The van der Waals surface area contributed by atoms with E-state index in [1.54, 1.807) is 4.90 Å². The highest BCUT2D eigenvalue weighted by atomic mass is 16.6. The molecule has 0 aromatic heterocycles. The van der Waals surface area contributed by atoms with Gasteiger partial charge >= 0.3 is 12.1 Å². The number of carbonyl (C=O) groups is 2. The number of benzene rings is 2. The molecule has 2 aliphatic carbocycles. The number of fused-ring (bicyclic) bond motifs is 3. The number of amides is 1. The molecule has 0 spiro atoms. The minimum Gasteiger partial charge on any atom is -0.481 e. The van der Waals surface area contributed by atoms with Crippen molar-refractivity contribution in [2.75, 3.05) is 19.7 Å². The van der Waals surface area contributed by atoms with E-state index in [1.807, 2.05) is 24.3 Å². The van der Waals surface area contributed by atoms with Gasteiger partial charge in [-0.15, -0.1) is 0 Å². The van der Waals surface area contributed by atoms with Crippen LogP contribution >= 0.6 is 0 Å². The summed E-state index contributed by atoms with van der Waals surface area (Å²) in [5, 5.41) is 9.76. The third-order valence-electron chi connectivity index (χ3n) is 7.53. The van der Waals surface area contributed by atoms with Gasteiger partial charge in [0, 0.05) is 19.0 Å². The molecule has 0 unspecified atom stereocenters. The van der Waals surface area contributed by atoms with Crippen LogP contribution in [0.25, 0.3) is 11.1 Å². The van der Waals surface area contributed by atoms with Gasteiger partial charge in [0.05, 0.1) is 5.92 Å². The largest absolute Gasteiger partial charge is 0.481 e. The minimum atomic E-state index is -0.787. The van der Waals surface area contributed by atoms with Gasteiger partial charge in [-0.1, -0.05) is 80.6 Å². The Balaban J connectivity index is 1.28. The summed E-state index contributed by atoms with van der Waals surface area (Å²) >= 11 is 0. The quantitative estimate of drug-likeness (QED) is 0.744. The van der Waals surface area contributed by atoms with Gasteiger partial charge in [0.2, 0.25) is 0 Å². The third kappa shape index (κ3) is 3.71. The van der Waals surface area contributed by atoms with Crippen molar-refractivity contribution in [2.24, 2.45) is 17.8 Å². The maximum atomic E-state index is 12.9. The number of hydrogen-bond acceptors (Lipinski definition) is 3. The van der Waals surface area contributed by atoms with Gasteiger partial charge in [0.15, 0.2) is 0 Å². The van der Waals surface area contributed by atoms with Crippen molar-refractivity contribution in [1.82, 2.24) is 4.90 Å². The van der Waals surface area contributed by atoms with E-state index >= 15 is 0 Å². The zero-order valence-electron chi connectivity index (χ0n) is 17.7.